The van der Waals surface area contributed by atoms with Gasteiger partial charge in [-0.05, 0) is 169 Å². The molecule has 0 saturated carbocycles. The summed E-state index contributed by atoms with van der Waals surface area (Å²) in [5.74, 6) is -0.419. The molecule has 4 aliphatic heterocycles. The number of rotatable bonds is 16. The molecule has 6 aliphatic rings. The second-order valence-corrected chi connectivity index (χ2v) is 29.3. The van der Waals surface area contributed by atoms with E-state index in [-0.39, 0.29) is 47.2 Å². The average Bonchev–Trinajstić information content (AvgIpc) is 0.810. The zero-order valence-corrected chi connectivity index (χ0v) is 67.3. The smallest absolute Gasteiger partial charge is 0.410 e. The third-order valence-corrected chi connectivity index (χ3v) is 19.0. The van der Waals surface area contributed by atoms with Gasteiger partial charge in [0.05, 0.1) is 66.0 Å². The number of methoxy groups -OCH3 is 1. The van der Waals surface area contributed by atoms with Gasteiger partial charge in [-0.3, -0.25) is 38.8 Å². The number of aromatic nitrogens is 6. The number of piperazine rings is 4. The zero-order valence-electron chi connectivity index (χ0n) is 65.8. The lowest BCUT2D eigenvalue weighted by molar-refractivity contribution is -0.115. The lowest BCUT2D eigenvalue weighted by Gasteiger charge is -2.36. The minimum absolute atomic E-state index is 0.112. The molecule has 0 radical (unpaired) electrons. The maximum Gasteiger partial charge on any atom is 0.410 e. The van der Waals surface area contributed by atoms with Crippen molar-refractivity contribution in [1.29, 1.82) is 0 Å². The molecule has 6 aromatic heterocycles. The fourth-order valence-electron chi connectivity index (χ4n) is 12.5. The first kappa shape index (κ1) is 85.3. The maximum atomic E-state index is 12.2. The van der Waals surface area contributed by atoms with E-state index in [2.05, 4.69) is 108 Å². The second-order valence-electron chi connectivity index (χ2n) is 28.7. The normalized spacial score (nSPS) is 15.6. The van der Waals surface area contributed by atoms with Crippen LogP contribution in [-0.4, -0.2) is 235 Å². The van der Waals surface area contributed by atoms with Crippen LogP contribution in [-0.2, 0) is 48.5 Å². The van der Waals surface area contributed by atoms with Crippen LogP contribution in [0.15, 0.2) is 109 Å². The van der Waals surface area contributed by atoms with E-state index in [9.17, 15) is 38.4 Å². The van der Waals surface area contributed by atoms with Crippen molar-refractivity contribution in [2.75, 3.05) is 151 Å². The molecule has 28 nitrogen and oxygen atoms in total. The number of halogens is 1. The van der Waals surface area contributed by atoms with Crippen LogP contribution in [0.1, 0.15) is 165 Å². The van der Waals surface area contributed by atoms with E-state index in [0.29, 0.717) is 102 Å². The Balaban J connectivity index is 0.000000177. The van der Waals surface area contributed by atoms with E-state index in [1.807, 2.05) is 125 Å². The lowest BCUT2D eigenvalue weighted by atomic mass is 9.92. The topological polar surface area (TPSA) is 312 Å². The standard InChI is InChI=1S/C24H29N5O2.C17H26N4O3.C16H23N3O4.C12H12BrNO.C12H18N4O/c1-3-18-12-22-19(13-23(18)30)11-17(14-26-22)16-28-7-9-29(10-8-28)20-5-6-21(27-15-20)24(31)25-4-2;1-5-18-15(22)14-7-6-13(12-19-14)20-8-10-21(11-9-20)16(23)24-17(2,3)4;1-16(2,3)23-15(21)19-9-7-18(8-10-19)12-5-6-13(17-11-12)14(20)22-4;1-2-9-4-11-10(5-12(9)15)3-8(6-13)7-14-11;1-2-14-12(17)11-4-3-10(9-15-11)16-7-5-13-6-8-16/h5-6,11-12,14-15H,3-4,7-10,13,16H2,1-2H3,(H,25,31);6-7,12H,5,8-11H2,1-4H3,(H,18,22);5-6,11H,7-10H2,1-4H3;3-4,7H,2,5-6H2,1H3;3-4,9,13H,2,5-8H2,1H3,(H,14,17). The number of pyridine rings is 6. The molecule has 590 valence electrons. The van der Waals surface area contributed by atoms with Crippen molar-refractivity contribution in [2.24, 2.45) is 0 Å². The van der Waals surface area contributed by atoms with E-state index >= 15 is 0 Å². The molecular weight excluding hydrogens is 1470 g/mol. The minimum atomic E-state index is -0.484. The van der Waals surface area contributed by atoms with Crippen molar-refractivity contribution in [1.82, 2.24) is 65.9 Å². The maximum absolute atomic E-state index is 12.2. The summed E-state index contributed by atoms with van der Waals surface area (Å²) in [5.41, 5.74) is 12.7. The van der Waals surface area contributed by atoms with Crippen LogP contribution in [0.3, 0.4) is 0 Å². The van der Waals surface area contributed by atoms with E-state index in [1.54, 1.807) is 58.9 Å². The fraction of sp³-hybridized carbons (Fsp3) is 0.481. The highest BCUT2D eigenvalue weighted by atomic mass is 79.9. The molecule has 4 saturated heterocycles. The number of amides is 5. The number of Topliss-reactive ketones (excluding diaryl/α,β-unsaturated/α-hetero) is 2. The van der Waals surface area contributed by atoms with Gasteiger partial charge in [0.1, 0.15) is 34.0 Å². The Kier molecular flexibility index (Phi) is 32.2. The first-order chi connectivity index (χ1) is 52.7. The summed E-state index contributed by atoms with van der Waals surface area (Å²) in [6.07, 6.45) is 16.5. The number of carbonyl (C=O) groups is 8. The quantitative estimate of drug-likeness (QED) is 0.0398. The minimum Gasteiger partial charge on any atom is -0.464 e. The van der Waals surface area contributed by atoms with Gasteiger partial charge in [0.15, 0.2) is 11.6 Å². The molecule has 110 heavy (non-hydrogen) atoms. The number of carbonyl (C=O) groups excluding carboxylic acids is 8. The molecule has 0 spiro atoms. The van der Waals surface area contributed by atoms with Crippen molar-refractivity contribution in [3.05, 3.63) is 165 Å². The summed E-state index contributed by atoms with van der Waals surface area (Å²) in [6, 6.07) is 18.8. The molecular formula is C81H108BrN17O11. The number of hydrogen-bond acceptors (Lipinski definition) is 23. The van der Waals surface area contributed by atoms with E-state index in [0.717, 1.165) is 145 Å². The molecule has 4 fully saturated rings. The predicted molar refractivity (Wildman–Crippen MR) is 430 cm³/mol. The molecule has 10 heterocycles. The summed E-state index contributed by atoms with van der Waals surface area (Å²) >= 11 is 3.39. The zero-order chi connectivity index (χ0) is 79.5. The molecule has 12 rings (SSSR count). The summed E-state index contributed by atoms with van der Waals surface area (Å²) in [7, 11) is 1.33. The number of esters is 1. The number of ether oxygens (including phenoxy) is 3. The number of anilines is 4. The largest absolute Gasteiger partial charge is 0.464 e. The monoisotopic (exact) mass is 1570 g/mol. The van der Waals surface area contributed by atoms with Gasteiger partial charge in [0, 0.05) is 161 Å². The molecule has 0 unspecified atom stereocenters. The second kappa shape index (κ2) is 41.5. The summed E-state index contributed by atoms with van der Waals surface area (Å²) < 4.78 is 15.4. The van der Waals surface area contributed by atoms with Gasteiger partial charge in [-0.15, -0.1) is 0 Å². The fourth-order valence-corrected chi connectivity index (χ4v) is 12.8. The third-order valence-electron chi connectivity index (χ3n) is 18.4. The molecule has 0 aromatic carbocycles. The Bertz CT molecular complexity index is 4140. The van der Waals surface area contributed by atoms with E-state index in [1.165, 1.54) is 7.11 Å². The Labute approximate surface area is 654 Å². The van der Waals surface area contributed by atoms with Gasteiger partial charge in [0.2, 0.25) is 0 Å². The number of ketones is 2. The Morgan fingerprint density at radius 3 is 1.13 bits per heavy atom. The van der Waals surface area contributed by atoms with Crippen LogP contribution >= 0.6 is 15.9 Å². The van der Waals surface area contributed by atoms with Crippen LogP contribution in [0.2, 0.25) is 0 Å². The molecule has 29 heteroatoms. The highest BCUT2D eigenvalue weighted by molar-refractivity contribution is 9.08. The van der Waals surface area contributed by atoms with Gasteiger partial charge in [-0.2, -0.15) is 0 Å². The number of allylic oxidation sites excluding steroid dienone is 2. The van der Waals surface area contributed by atoms with Crippen molar-refractivity contribution in [2.45, 2.75) is 125 Å². The van der Waals surface area contributed by atoms with Gasteiger partial charge in [-0.1, -0.05) is 41.9 Å². The first-order valence-corrected chi connectivity index (χ1v) is 39.0. The number of nitrogens with zero attached hydrogens (tertiary/aromatic N) is 13. The SMILES string of the molecule is CCC1=Cc2ncc(CBr)cc2CC1=O.CCNC(=O)c1ccc(N2CCN(C(=O)OC(C)(C)C)CC2)cn1.CCNC(=O)c1ccc(N2CCN(Cc3cnc4c(c3)CC(=O)C(CC)=C4)CC2)cn1.CCNC(=O)c1ccc(N2CCNCC2)cn1.COC(=O)c1ccc(N2CCN(C(=O)OC(C)(C)C)CC2)cn1. The first-order valence-electron chi connectivity index (χ1n) is 37.9. The van der Waals surface area contributed by atoms with Crippen molar-refractivity contribution < 1.29 is 52.6 Å². The number of nitrogens with one attached hydrogen (secondary N) is 4. The van der Waals surface area contributed by atoms with Gasteiger partial charge in [-0.25, -0.2) is 34.3 Å². The molecule has 0 atom stereocenters. The molecule has 2 aliphatic carbocycles. The van der Waals surface area contributed by atoms with E-state index in [4.69, 9.17) is 9.47 Å². The summed E-state index contributed by atoms with van der Waals surface area (Å²) in [5, 5.41) is 12.3. The van der Waals surface area contributed by atoms with Crippen molar-refractivity contribution in [3.63, 3.8) is 0 Å². The van der Waals surface area contributed by atoms with Crippen molar-refractivity contribution >= 4 is 98.3 Å². The third kappa shape index (κ3) is 25.7. The average molecular weight is 1580 g/mol. The highest BCUT2D eigenvalue weighted by Gasteiger charge is 2.30. The summed E-state index contributed by atoms with van der Waals surface area (Å²) in [6.45, 7) is 36.3. The Morgan fingerprint density at radius 1 is 0.455 bits per heavy atom. The molecule has 5 amide bonds. The Morgan fingerprint density at radius 2 is 0.800 bits per heavy atom. The molecule has 0 bridgehead atoms. The lowest BCUT2D eigenvalue weighted by Crippen LogP contribution is -2.50. The Hall–Kier alpha value is -10.3. The number of alkyl halides is 1. The molecule has 4 N–H and O–H groups in total. The van der Waals surface area contributed by atoms with Crippen LogP contribution in [0.4, 0.5) is 32.3 Å². The summed E-state index contributed by atoms with van der Waals surface area (Å²) in [4.78, 5) is 135. The van der Waals surface area contributed by atoms with E-state index < -0.39 is 17.2 Å². The van der Waals surface area contributed by atoms with Crippen molar-refractivity contribution in [3.8, 4) is 0 Å². The molecule has 6 aromatic rings. The van der Waals surface area contributed by atoms with Gasteiger partial charge >= 0.3 is 18.2 Å². The van der Waals surface area contributed by atoms with Crippen LogP contribution in [0, 0.1) is 0 Å². The number of fused-ring (bicyclic) bond motifs is 2. The van der Waals surface area contributed by atoms with Crippen LogP contribution < -0.4 is 40.9 Å². The van der Waals surface area contributed by atoms with Crippen LogP contribution in [0.25, 0.3) is 12.2 Å². The van der Waals surface area contributed by atoms with Gasteiger partial charge in [0.25, 0.3) is 17.7 Å². The van der Waals surface area contributed by atoms with Gasteiger partial charge < -0.3 is 64.9 Å². The highest BCUT2D eigenvalue weighted by Crippen LogP contribution is 2.27. The predicted octanol–water partition coefficient (Wildman–Crippen LogP) is 9.42. The number of hydrogen-bond donors (Lipinski definition) is 4. The van der Waals surface area contributed by atoms with Crippen LogP contribution in [0.5, 0.6) is 0 Å².